The van der Waals surface area contributed by atoms with Crippen LogP contribution in [0.1, 0.15) is 453 Å². The molecule has 0 amide bonds. The third kappa shape index (κ3) is 77.4. The molecule has 0 heterocycles. The number of phosphoric ester groups is 2. The molecule has 19 heteroatoms. The quantitative estimate of drug-likeness (QED) is 0.0222. The molecule has 0 spiro atoms. The van der Waals surface area contributed by atoms with E-state index >= 15 is 0 Å². The van der Waals surface area contributed by atoms with Crippen molar-refractivity contribution in [1.82, 2.24) is 0 Å². The average Bonchev–Trinajstić information content (AvgIpc) is 0.908. The number of hydrogen-bond donors (Lipinski definition) is 3. The fraction of sp³-hybridized carbons (Fsp3) is 0.954. The first-order chi connectivity index (χ1) is 51.2. The van der Waals surface area contributed by atoms with Crippen molar-refractivity contribution in [3.05, 3.63) is 0 Å². The normalized spacial score (nSPS) is 14.4. The Hall–Kier alpha value is -1.94. The van der Waals surface area contributed by atoms with Gasteiger partial charge in [-0.2, -0.15) is 0 Å². The largest absolute Gasteiger partial charge is 0.472 e. The summed E-state index contributed by atoms with van der Waals surface area (Å²) in [6.07, 6.45) is 65.0. The topological polar surface area (TPSA) is 237 Å². The second-order valence-corrected chi connectivity index (χ2v) is 35.6. The second-order valence-electron chi connectivity index (χ2n) is 32.7. The molecule has 630 valence electrons. The predicted molar refractivity (Wildman–Crippen MR) is 437 cm³/mol. The van der Waals surface area contributed by atoms with Crippen LogP contribution >= 0.6 is 15.6 Å². The highest BCUT2D eigenvalue weighted by atomic mass is 31.2. The zero-order valence-corrected chi connectivity index (χ0v) is 71.9. The van der Waals surface area contributed by atoms with Crippen molar-refractivity contribution in [2.24, 2.45) is 23.7 Å². The SMILES string of the molecule is CCC(C)CCCCCCCCCCCCCCCCC(=O)OC[C@H](COP(=O)(O)OC[C@@H](O)COP(=O)(O)OC[C@@H](COC(=O)CCCCCCCCCCCC(C)C)OC(=O)CCCCCCCCCCCCCCCCC(C)CC)OC(=O)CCCCCCCCCCCCCCCCCC(C)C. The van der Waals surface area contributed by atoms with Gasteiger partial charge < -0.3 is 33.8 Å². The predicted octanol–water partition coefficient (Wildman–Crippen LogP) is 26.3. The van der Waals surface area contributed by atoms with Gasteiger partial charge >= 0.3 is 39.5 Å². The van der Waals surface area contributed by atoms with Gasteiger partial charge in [-0.05, 0) is 49.4 Å². The van der Waals surface area contributed by atoms with E-state index in [0.717, 1.165) is 114 Å². The monoisotopic (exact) mass is 1550 g/mol. The van der Waals surface area contributed by atoms with Gasteiger partial charge in [-0.25, -0.2) is 9.13 Å². The number of phosphoric acid groups is 2. The van der Waals surface area contributed by atoms with Crippen molar-refractivity contribution in [3.63, 3.8) is 0 Å². The van der Waals surface area contributed by atoms with Gasteiger partial charge in [0.2, 0.25) is 0 Å². The van der Waals surface area contributed by atoms with E-state index in [1.54, 1.807) is 0 Å². The summed E-state index contributed by atoms with van der Waals surface area (Å²) in [7, 11) is -9.93. The molecule has 0 saturated carbocycles. The zero-order valence-electron chi connectivity index (χ0n) is 70.1. The summed E-state index contributed by atoms with van der Waals surface area (Å²) >= 11 is 0. The lowest BCUT2D eigenvalue weighted by atomic mass is 9.99. The Labute approximate surface area is 651 Å². The molecule has 106 heavy (non-hydrogen) atoms. The van der Waals surface area contributed by atoms with E-state index in [0.29, 0.717) is 25.7 Å². The Balaban J connectivity index is 5.27. The molecule has 3 N–H and O–H groups in total. The molecule has 0 radical (unpaired) electrons. The standard InChI is InChI=1S/C87H170O17P2/c1-9-79(7)65-57-49-41-33-25-19-14-16-21-27-35-43-51-59-67-84(89)97-73-82(103-86(91)69-61-53-45-36-28-22-13-11-12-18-24-31-39-47-55-63-77(3)4)75-101-105(93,94)99-71-81(88)72-100-106(95,96)102-76-83(74-98-85(90)68-60-52-44-38-30-32-40-48-56-64-78(5)6)104-87(92)70-62-54-46-37-29-23-17-15-20-26-34-42-50-58-66-80(8)10-2/h77-83,88H,9-76H2,1-8H3,(H,93,94)(H,95,96)/t79?,80?,81-,82-,83-/m1/s1. The van der Waals surface area contributed by atoms with Crippen molar-refractivity contribution in [2.75, 3.05) is 39.6 Å². The van der Waals surface area contributed by atoms with E-state index in [9.17, 15) is 43.2 Å². The van der Waals surface area contributed by atoms with Crippen LogP contribution in [0.25, 0.3) is 0 Å². The highest BCUT2D eigenvalue weighted by molar-refractivity contribution is 7.47. The van der Waals surface area contributed by atoms with Crippen LogP contribution in [0.5, 0.6) is 0 Å². The maximum absolute atomic E-state index is 13.2. The lowest BCUT2D eigenvalue weighted by Crippen LogP contribution is -2.30. The van der Waals surface area contributed by atoms with Crippen LogP contribution in [-0.4, -0.2) is 96.7 Å². The molecule has 0 aromatic carbocycles. The Kier molecular flexibility index (Phi) is 74.3. The highest BCUT2D eigenvalue weighted by Gasteiger charge is 2.31. The number of ether oxygens (including phenoxy) is 4. The number of hydrogen-bond acceptors (Lipinski definition) is 15. The van der Waals surface area contributed by atoms with Crippen LogP contribution in [0.15, 0.2) is 0 Å². The number of aliphatic hydroxyl groups is 1. The molecule has 0 aliphatic carbocycles. The summed E-state index contributed by atoms with van der Waals surface area (Å²) in [5, 5.41) is 10.7. The maximum Gasteiger partial charge on any atom is 0.472 e. The van der Waals surface area contributed by atoms with Crippen molar-refractivity contribution in [3.8, 4) is 0 Å². The van der Waals surface area contributed by atoms with E-state index in [2.05, 4.69) is 55.4 Å². The molecule has 7 atom stereocenters. The molecule has 0 aromatic rings. The zero-order chi connectivity index (χ0) is 78.1. The lowest BCUT2D eigenvalue weighted by Gasteiger charge is -2.21. The molecule has 0 bridgehead atoms. The smallest absolute Gasteiger partial charge is 0.462 e. The van der Waals surface area contributed by atoms with Gasteiger partial charge in [0.05, 0.1) is 26.4 Å². The van der Waals surface area contributed by atoms with E-state index in [1.807, 2.05) is 0 Å². The fourth-order valence-electron chi connectivity index (χ4n) is 13.4. The van der Waals surface area contributed by atoms with Crippen LogP contribution in [0.2, 0.25) is 0 Å². The van der Waals surface area contributed by atoms with Crippen molar-refractivity contribution in [2.45, 2.75) is 472 Å². The van der Waals surface area contributed by atoms with Crippen molar-refractivity contribution >= 4 is 39.5 Å². The summed E-state index contributed by atoms with van der Waals surface area (Å²) in [5.41, 5.74) is 0. The Morgan fingerprint density at radius 2 is 0.453 bits per heavy atom. The maximum atomic E-state index is 13.2. The van der Waals surface area contributed by atoms with Gasteiger partial charge in [0, 0.05) is 25.7 Å². The van der Waals surface area contributed by atoms with Gasteiger partial charge in [0.25, 0.3) is 0 Å². The molecule has 0 rings (SSSR count). The molecule has 0 aliphatic rings. The van der Waals surface area contributed by atoms with Gasteiger partial charge in [-0.15, -0.1) is 0 Å². The number of unbranched alkanes of at least 4 members (excludes halogenated alkanes) is 48. The molecule has 0 aliphatic heterocycles. The van der Waals surface area contributed by atoms with Gasteiger partial charge in [-0.1, -0.05) is 402 Å². The summed E-state index contributed by atoms with van der Waals surface area (Å²) in [5.74, 6) is 1.14. The lowest BCUT2D eigenvalue weighted by molar-refractivity contribution is -0.161. The minimum Gasteiger partial charge on any atom is -0.462 e. The minimum absolute atomic E-state index is 0.107. The van der Waals surface area contributed by atoms with E-state index in [1.165, 1.54) is 257 Å². The number of aliphatic hydroxyl groups excluding tert-OH is 1. The second kappa shape index (κ2) is 75.7. The first kappa shape index (κ1) is 104. The first-order valence-corrected chi connectivity index (χ1v) is 47.8. The fourth-order valence-corrected chi connectivity index (χ4v) is 15.0. The third-order valence-corrected chi connectivity index (χ3v) is 22.9. The number of carbonyl (C=O) groups is 4. The summed E-state index contributed by atoms with van der Waals surface area (Å²) in [4.78, 5) is 73.3. The van der Waals surface area contributed by atoms with Crippen molar-refractivity contribution < 1.29 is 80.2 Å². The molecule has 0 fully saturated rings. The molecule has 0 aromatic heterocycles. The van der Waals surface area contributed by atoms with E-state index < -0.39 is 97.5 Å². The Bertz CT molecular complexity index is 2060. The van der Waals surface area contributed by atoms with Crippen LogP contribution < -0.4 is 0 Å². The summed E-state index contributed by atoms with van der Waals surface area (Å²) in [6.45, 7) is 14.4. The summed E-state index contributed by atoms with van der Waals surface area (Å²) in [6, 6.07) is 0. The molecule has 17 nitrogen and oxygen atoms in total. The van der Waals surface area contributed by atoms with Crippen molar-refractivity contribution in [1.29, 1.82) is 0 Å². The van der Waals surface area contributed by atoms with Gasteiger partial charge in [0.1, 0.15) is 19.3 Å². The molecular formula is C87H170O17P2. The van der Waals surface area contributed by atoms with Crippen LogP contribution in [0.3, 0.4) is 0 Å². The Morgan fingerprint density at radius 1 is 0.264 bits per heavy atom. The highest BCUT2D eigenvalue weighted by Crippen LogP contribution is 2.45. The third-order valence-electron chi connectivity index (χ3n) is 21.0. The van der Waals surface area contributed by atoms with E-state index in [-0.39, 0.29) is 25.7 Å². The summed E-state index contributed by atoms with van der Waals surface area (Å²) < 4.78 is 69.0. The van der Waals surface area contributed by atoms with Crippen LogP contribution in [0.4, 0.5) is 0 Å². The van der Waals surface area contributed by atoms with E-state index in [4.69, 9.17) is 37.0 Å². The molecule has 0 saturated heterocycles. The average molecular weight is 1550 g/mol. The number of carbonyl (C=O) groups excluding carboxylic acids is 4. The molecular weight excluding hydrogens is 1380 g/mol. The number of esters is 4. The molecule has 4 unspecified atom stereocenters. The number of rotatable bonds is 84. The van der Waals surface area contributed by atoms with Gasteiger partial charge in [-0.3, -0.25) is 37.3 Å². The minimum atomic E-state index is -4.97. The van der Waals surface area contributed by atoms with Crippen LogP contribution in [0, 0.1) is 23.7 Å². The van der Waals surface area contributed by atoms with Gasteiger partial charge in [0.15, 0.2) is 12.2 Å². The first-order valence-electron chi connectivity index (χ1n) is 44.8. The Morgan fingerprint density at radius 3 is 0.670 bits per heavy atom. The van der Waals surface area contributed by atoms with Crippen LogP contribution in [-0.2, 0) is 65.4 Å².